The van der Waals surface area contributed by atoms with Gasteiger partial charge in [0.15, 0.2) is 5.82 Å². The van der Waals surface area contributed by atoms with E-state index in [1.807, 2.05) is 13.8 Å². The summed E-state index contributed by atoms with van der Waals surface area (Å²) in [4.78, 5) is 10.6. The summed E-state index contributed by atoms with van der Waals surface area (Å²) in [5.41, 5.74) is 4.41. The van der Waals surface area contributed by atoms with Gasteiger partial charge in [0.2, 0.25) is 0 Å². The first-order valence-corrected chi connectivity index (χ1v) is 8.12. The highest BCUT2D eigenvalue weighted by Crippen LogP contribution is 2.32. The fraction of sp³-hybridized carbons (Fsp3) is 0.133. The van der Waals surface area contributed by atoms with E-state index < -0.39 is 0 Å². The summed E-state index contributed by atoms with van der Waals surface area (Å²) in [6.07, 6.45) is 2.93. The molecule has 0 amide bonds. The number of aromatic nitrogens is 2. The van der Waals surface area contributed by atoms with Gasteiger partial charge in [-0.2, -0.15) is 5.10 Å². The summed E-state index contributed by atoms with van der Waals surface area (Å²) in [6, 6.07) is 4.70. The van der Waals surface area contributed by atoms with Gasteiger partial charge in [-0.3, -0.25) is 5.43 Å². The largest absolute Gasteiger partial charge is 0.261 e. The Hall–Kier alpha value is -1.86. The zero-order valence-electron chi connectivity index (χ0n) is 11.9. The number of hydrazone groups is 1. The zero-order valence-corrected chi connectivity index (χ0v) is 14.3. The van der Waals surface area contributed by atoms with Gasteiger partial charge in [0.25, 0.3) is 0 Å². The number of rotatable bonds is 3. The second kappa shape index (κ2) is 6.10. The number of anilines is 1. The number of hydrogen-bond donors (Lipinski definition) is 1. The Labute approximate surface area is 139 Å². The lowest BCUT2D eigenvalue weighted by Crippen LogP contribution is -1.96. The second-order valence-electron chi connectivity index (χ2n) is 4.72. The molecule has 0 fully saturated rings. The molecule has 0 unspecified atom stereocenters. The SMILES string of the molecule is Cc1sc2ncnc(N/N=C/c3cc(Br)ccc3F)c2c1C. The van der Waals surface area contributed by atoms with Crippen molar-refractivity contribution in [2.45, 2.75) is 13.8 Å². The van der Waals surface area contributed by atoms with Crippen LogP contribution in [0.15, 0.2) is 34.1 Å². The maximum Gasteiger partial charge on any atom is 0.158 e. The van der Waals surface area contributed by atoms with Gasteiger partial charge in [0.1, 0.15) is 17.0 Å². The Morgan fingerprint density at radius 2 is 2.14 bits per heavy atom. The first-order chi connectivity index (χ1) is 10.6. The van der Waals surface area contributed by atoms with Gasteiger partial charge in [-0.25, -0.2) is 14.4 Å². The Bertz CT molecular complexity index is 875. The molecule has 0 atom stereocenters. The van der Waals surface area contributed by atoms with Gasteiger partial charge in [-0.1, -0.05) is 15.9 Å². The van der Waals surface area contributed by atoms with Gasteiger partial charge >= 0.3 is 0 Å². The molecule has 4 nitrogen and oxygen atoms in total. The minimum absolute atomic E-state index is 0.329. The van der Waals surface area contributed by atoms with Crippen molar-refractivity contribution >= 4 is 49.5 Å². The number of benzene rings is 1. The minimum Gasteiger partial charge on any atom is -0.261 e. The van der Waals surface area contributed by atoms with Crippen molar-refractivity contribution in [3.05, 3.63) is 50.8 Å². The third kappa shape index (κ3) is 2.86. The summed E-state index contributed by atoms with van der Waals surface area (Å²) in [5.74, 6) is 0.294. The Kier molecular flexibility index (Phi) is 4.17. The van der Waals surface area contributed by atoms with Crippen molar-refractivity contribution in [3.63, 3.8) is 0 Å². The number of halogens is 2. The zero-order chi connectivity index (χ0) is 15.7. The third-order valence-electron chi connectivity index (χ3n) is 3.30. The number of fused-ring (bicyclic) bond motifs is 1. The van der Waals surface area contributed by atoms with Gasteiger partial charge < -0.3 is 0 Å². The quantitative estimate of drug-likeness (QED) is 0.532. The molecule has 2 heterocycles. The monoisotopic (exact) mass is 378 g/mol. The van der Waals surface area contributed by atoms with Crippen molar-refractivity contribution in [2.24, 2.45) is 5.10 Å². The molecule has 3 rings (SSSR count). The average Bonchev–Trinajstić information content (AvgIpc) is 2.79. The molecule has 22 heavy (non-hydrogen) atoms. The highest BCUT2D eigenvalue weighted by molar-refractivity contribution is 9.10. The number of hydrogen-bond acceptors (Lipinski definition) is 5. The van der Waals surface area contributed by atoms with Crippen molar-refractivity contribution < 1.29 is 4.39 Å². The molecule has 112 valence electrons. The average molecular weight is 379 g/mol. The molecule has 1 aromatic carbocycles. The lowest BCUT2D eigenvalue weighted by atomic mass is 10.2. The van der Waals surface area contributed by atoms with Crippen molar-refractivity contribution in [3.8, 4) is 0 Å². The van der Waals surface area contributed by atoms with Crippen LogP contribution in [0.2, 0.25) is 0 Å². The van der Waals surface area contributed by atoms with Gasteiger partial charge in [0, 0.05) is 14.9 Å². The van der Waals surface area contributed by atoms with E-state index in [0.717, 1.165) is 20.3 Å². The molecule has 0 aliphatic heterocycles. The smallest absolute Gasteiger partial charge is 0.158 e. The number of nitrogens with one attached hydrogen (secondary N) is 1. The Morgan fingerprint density at radius 3 is 2.95 bits per heavy atom. The van der Waals surface area contributed by atoms with E-state index in [-0.39, 0.29) is 5.82 Å². The Balaban J connectivity index is 1.91. The van der Waals surface area contributed by atoms with Crippen LogP contribution in [0.1, 0.15) is 16.0 Å². The normalized spacial score (nSPS) is 11.5. The number of thiophene rings is 1. The molecule has 0 aliphatic rings. The summed E-state index contributed by atoms with van der Waals surface area (Å²) in [5, 5.41) is 5.05. The summed E-state index contributed by atoms with van der Waals surface area (Å²) >= 11 is 4.93. The lowest BCUT2D eigenvalue weighted by molar-refractivity contribution is 0.625. The van der Waals surface area contributed by atoms with Crippen LogP contribution in [0.4, 0.5) is 10.2 Å². The van der Waals surface area contributed by atoms with E-state index in [4.69, 9.17) is 0 Å². The van der Waals surface area contributed by atoms with Gasteiger partial charge in [0.05, 0.1) is 11.6 Å². The van der Waals surface area contributed by atoms with Crippen LogP contribution < -0.4 is 5.43 Å². The van der Waals surface area contributed by atoms with E-state index in [9.17, 15) is 4.39 Å². The molecule has 0 bridgehead atoms. The summed E-state index contributed by atoms with van der Waals surface area (Å²) in [6.45, 7) is 4.08. The highest BCUT2D eigenvalue weighted by atomic mass is 79.9. The molecular formula is C15H12BrFN4S. The molecule has 1 N–H and O–H groups in total. The molecule has 0 spiro atoms. The predicted octanol–water partition coefficient (Wildman–Crippen LogP) is 4.66. The van der Waals surface area contributed by atoms with Crippen LogP contribution in [0.5, 0.6) is 0 Å². The summed E-state index contributed by atoms with van der Waals surface area (Å²) < 4.78 is 14.4. The molecule has 7 heteroatoms. The maximum atomic E-state index is 13.7. The van der Waals surface area contributed by atoms with Crippen LogP contribution in [0.25, 0.3) is 10.2 Å². The van der Waals surface area contributed by atoms with E-state index >= 15 is 0 Å². The van der Waals surface area contributed by atoms with Crippen molar-refractivity contribution in [1.82, 2.24) is 9.97 Å². The van der Waals surface area contributed by atoms with Crippen LogP contribution in [0, 0.1) is 19.7 Å². The van der Waals surface area contributed by atoms with Crippen LogP contribution in [-0.4, -0.2) is 16.2 Å². The first kappa shape index (κ1) is 15.1. The standard InChI is InChI=1S/C15H12BrFN4S/c1-8-9(2)22-15-13(8)14(18-7-19-15)21-20-6-10-5-11(16)3-4-12(10)17/h3-7H,1-2H3,(H,18,19,21)/b20-6+. The number of aryl methyl sites for hydroxylation is 2. The van der Waals surface area contributed by atoms with Gasteiger partial charge in [-0.15, -0.1) is 11.3 Å². The molecule has 3 aromatic rings. The minimum atomic E-state index is -0.329. The molecule has 0 saturated heterocycles. The van der Waals surface area contributed by atoms with E-state index in [0.29, 0.717) is 11.4 Å². The third-order valence-corrected chi connectivity index (χ3v) is 4.91. The van der Waals surface area contributed by atoms with E-state index in [2.05, 4.69) is 36.4 Å². The highest BCUT2D eigenvalue weighted by Gasteiger charge is 2.11. The molecule has 0 aliphatic carbocycles. The fourth-order valence-electron chi connectivity index (χ4n) is 2.04. The summed E-state index contributed by atoms with van der Waals surface area (Å²) in [7, 11) is 0. The maximum absolute atomic E-state index is 13.7. The van der Waals surface area contributed by atoms with E-state index in [1.54, 1.807) is 23.5 Å². The molecule has 0 radical (unpaired) electrons. The molecule has 2 aromatic heterocycles. The van der Waals surface area contributed by atoms with Crippen molar-refractivity contribution in [1.29, 1.82) is 0 Å². The fourth-order valence-corrected chi connectivity index (χ4v) is 3.42. The second-order valence-corrected chi connectivity index (χ2v) is 6.84. The predicted molar refractivity (Wildman–Crippen MR) is 92.2 cm³/mol. The van der Waals surface area contributed by atoms with E-state index in [1.165, 1.54) is 23.5 Å². The van der Waals surface area contributed by atoms with Crippen LogP contribution in [-0.2, 0) is 0 Å². The Morgan fingerprint density at radius 1 is 1.32 bits per heavy atom. The van der Waals surface area contributed by atoms with Crippen molar-refractivity contribution in [2.75, 3.05) is 5.43 Å². The van der Waals surface area contributed by atoms with Crippen LogP contribution >= 0.6 is 27.3 Å². The van der Waals surface area contributed by atoms with Crippen LogP contribution in [0.3, 0.4) is 0 Å². The topological polar surface area (TPSA) is 50.2 Å². The molecule has 0 saturated carbocycles. The molecular weight excluding hydrogens is 367 g/mol. The number of nitrogens with zero attached hydrogens (tertiary/aromatic N) is 3. The first-order valence-electron chi connectivity index (χ1n) is 6.51. The lowest BCUT2D eigenvalue weighted by Gasteiger charge is -2.02. The van der Waals surface area contributed by atoms with Gasteiger partial charge in [-0.05, 0) is 37.6 Å².